The van der Waals surface area contributed by atoms with E-state index in [0.717, 1.165) is 5.56 Å². The first-order valence-electron chi connectivity index (χ1n) is 5.75. The first-order valence-corrected chi connectivity index (χ1v) is 6.51. The Kier molecular flexibility index (Phi) is 3.30. The Morgan fingerprint density at radius 2 is 1.85 bits per heavy atom. The van der Waals surface area contributed by atoms with E-state index < -0.39 is 0 Å². The van der Waals surface area contributed by atoms with Crippen molar-refractivity contribution in [3.8, 4) is 17.1 Å². The van der Waals surface area contributed by atoms with Crippen molar-refractivity contribution >= 4 is 28.9 Å². The minimum atomic E-state index is 0.498. The molecule has 3 rings (SSSR count). The van der Waals surface area contributed by atoms with Crippen LogP contribution in [0, 0.1) is 0 Å². The zero-order valence-electron chi connectivity index (χ0n) is 10.2. The van der Waals surface area contributed by atoms with Crippen LogP contribution in [-0.4, -0.2) is 20.2 Å². The lowest BCUT2D eigenvalue weighted by atomic mass is 10.1. The average molecular weight is 306 g/mol. The quantitative estimate of drug-likeness (QED) is 0.738. The van der Waals surface area contributed by atoms with Crippen molar-refractivity contribution in [1.82, 2.24) is 20.2 Å². The van der Waals surface area contributed by atoms with Gasteiger partial charge in [-0.1, -0.05) is 35.3 Å². The fourth-order valence-corrected chi connectivity index (χ4v) is 2.23. The second-order valence-corrected chi connectivity index (χ2v) is 4.94. The Labute approximate surface area is 124 Å². The molecule has 0 aliphatic rings. The van der Waals surface area contributed by atoms with Crippen molar-refractivity contribution in [2.24, 2.45) is 0 Å². The molecule has 1 aromatic heterocycles. The van der Waals surface area contributed by atoms with Gasteiger partial charge in [-0.3, -0.25) is 0 Å². The fraction of sp³-hybridized carbons (Fsp3) is 0. The average Bonchev–Trinajstić information content (AvgIpc) is 2.91. The van der Waals surface area contributed by atoms with Gasteiger partial charge in [-0.2, -0.15) is 4.68 Å². The number of hydrogen-bond acceptors (Lipinski definition) is 4. The lowest BCUT2D eigenvalue weighted by Gasteiger charge is -2.08. The monoisotopic (exact) mass is 305 g/mol. The van der Waals surface area contributed by atoms with Crippen molar-refractivity contribution in [1.29, 1.82) is 0 Å². The number of aromatic nitrogens is 4. The van der Waals surface area contributed by atoms with Gasteiger partial charge in [0.05, 0.1) is 10.7 Å². The first kappa shape index (κ1) is 12.9. The van der Waals surface area contributed by atoms with Crippen LogP contribution in [0.2, 0.25) is 10.0 Å². The smallest absolute Gasteiger partial charge is 0.189 e. The topological polar surface area (TPSA) is 69.6 Å². The Hall–Kier alpha value is -2.11. The third-order valence-electron chi connectivity index (χ3n) is 2.81. The second kappa shape index (κ2) is 5.11. The molecule has 0 atom stereocenters. The number of nitrogens with two attached hydrogens (primary N) is 1. The molecule has 0 amide bonds. The van der Waals surface area contributed by atoms with Gasteiger partial charge in [0.2, 0.25) is 0 Å². The lowest BCUT2D eigenvalue weighted by molar-refractivity contribution is 0.791. The lowest BCUT2D eigenvalue weighted by Crippen LogP contribution is -2.02. The predicted octanol–water partition coefficient (Wildman–Crippen LogP) is 3.22. The third kappa shape index (κ3) is 2.21. The Morgan fingerprint density at radius 3 is 2.65 bits per heavy atom. The van der Waals surface area contributed by atoms with Gasteiger partial charge in [-0.05, 0) is 40.8 Å². The van der Waals surface area contributed by atoms with Gasteiger partial charge in [-0.15, -0.1) is 5.10 Å². The van der Waals surface area contributed by atoms with E-state index >= 15 is 0 Å². The Balaban J connectivity index is 2.21. The number of hydrogen-bond donors (Lipinski definition) is 1. The zero-order valence-corrected chi connectivity index (χ0v) is 11.7. The maximum absolute atomic E-state index is 6.18. The van der Waals surface area contributed by atoms with E-state index in [4.69, 9.17) is 28.9 Å². The molecule has 0 saturated carbocycles. The van der Waals surface area contributed by atoms with Gasteiger partial charge < -0.3 is 5.73 Å². The van der Waals surface area contributed by atoms with Gasteiger partial charge in [0.25, 0.3) is 0 Å². The van der Waals surface area contributed by atoms with Crippen molar-refractivity contribution in [2.75, 3.05) is 5.73 Å². The largest absolute Gasteiger partial charge is 0.398 e. The summed E-state index contributed by atoms with van der Waals surface area (Å²) in [6.07, 6.45) is 0. The van der Waals surface area contributed by atoms with E-state index in [2.05, 4.69) is 15.5 Å². The summed E-state index contributed by atoms with van der Waals surface area (Å²) < 4.78 is 1.51. The molecule has 5 nitrogen and oxygen atoms in total. The molecule has 0 spiro atoms. The summed E-state index contributed by atoms with van der Waals surface area (Å²) in [7, 11) is 0. The van der Waals surface area contributed by atoms with Crippen molar-refractivity contribution in [2.45, 2.75) is 0 Å². The molecule has 100 valence electrons. The summed E-state index contributed by atoms with van der Waals surface area (Å²) in [6.45, 7) is 0. The molecule has 20 heavy (non-hydrogen) atoms. The van der Waals surface area contributed by atoms with E-state index in [1.54, 1.807) is 24.3 Å². The Bertz CT molecular complexity index is 769. The van der Waals surface area contributed by atoms with Crippen molar-refractivity contribution in [3.05, 3.63) is 52.5 Å². The summed E-state index contributed by atoms with van der Waals surface area (Å²) in [5, 5.41) is 12.7. The molecule has 0 aliphatic heterocycles. The van der Waals surface area contributed by atoms with Crippen LogP contribution >= 0.6 is 23.2 Å². The number of rotatable bonds is 2. The van der Waals surface area contributed by atoms with Crippen LogP contribution in [0.4, 0.5) is 5.69 Å². The number of halogens is 2. The van der Waals surface area contributed by atoms with Gasteiger partial charge >= 0.3 is 0 Å². The number of nitrogen functional groups attached to an aromatic ring is 1. The summed E-state index contributed by atoms with van der Waals surface area (Å²) in [4.78, 5) is 0. The van der Waals surface area contributed by atoms with Gasteiger partial charge in [0.15, 0.2) is 5.82 Å². The normalized spacial score (nSPS) is 10.7. The van der Waals surface area contributed by atoms with Crippen LogP contribution in [0.15, 0.2) is 42.5 Å². The molecule has 3 aromatic rings. The fourth-order valence-electron chi connectivity index (χ4n) is 1.87. The van der Waals surface area contributed by atoms with E-state index in [1.165, 1.54) is 4.68 Å². The zero-order chi connectivity index (χ0) is 14.1. The summed E-state index contributed by atoms with van der Waals surface area (Å²) in [6, 6.07) is 12.4. The van der Waals surface area contributed by atoms with E-state index in [0.29, 0.717) is 27.2 Å². The molecular weight excluding hydrogens is 297 g/mol. The van der Waals surface area contributed by atoms with Crippen LogP contribution in [0.25, 0.3) is 17.1 Å². The SMILES string of the molecule is Nc1ccccc1-c1nnnn1-c1cc(Cl)ccc1Cl. The highest BCUT2D eigenvalue weighted by atomic mass is 35.5. The molecule has 2 aromatic carbocycles. The summed E-state index contributed by atoms with van der Waals surface area (Å²) in [5.41, 5.74) is 7.87. The van der Waals surface area contributed by atoms with Crippen molar-refractivity contribution in [3.63, 3.8) is 0 Å². The molecule has 0 aliphatic carbocycles. The molecule has 7 heteroatoms. The molecule has 0 fully saturated rings. The molecule has 0 radical (unpaired) electrons. The van der Waals surface area contributed by atoms with E-state index in [9.17, 15) is 0 Å². The minimum absolute atomic E-state index is 0.498. The number of tetrazole rings is 1. The highest BCUT2D eigenvalue weighted by molar-refractivity contribution is 6.34. The highest BCUT2D eigenvalue weighted by Crippen LogP contribution is 2.29. The molecular formula is C13H9Cl2N5. The molecule has 0 saturated heterocycles. The van der Waals surface area contributed by atoms with E-state index in [-0.39, 0.29) is 0 Å². The summed E-state index contributed by atoms with van der Waals surface area (Å²) in [5.74, 6) is 0.507. The summed E-state index contributed by atoms with van der Waals surface area (Å²) >= 11 is 12.2. The number of anilines is 1. The second-order valence-electron chi connectivity index (χ2n) is 4.10. The van der Waals surface area contributed by atoms with Crippen molar-refractivity contribution < 1.29 is 0 Å². The molecule has 1 heterocycles. The van der Waals surface area contributed by atoms with E-state index in [1.807, 2.05) is 18.2 Å². The number of para-hydroxylation sites is 1. The number of nitrogens with zero attached hydrogens (tertiary/aromatic N) is 4. The van der Waals surface area contributed by atoms with Gasteiger partial charge in [-0.25, -0.2) is 0 Å². The molecule has 0 bridgehead atoms. The molecule has 0 unspecified atom stereocenters. The van der Waals surface area contributed by atoms with Crippen LogP contribution in [0.1, 0.15) is 0 Å². The standard InChI is InChI=1S/C13H9Cl2N5/c14-8-5-6-10(15)12(7-8)20-13(17-18-19-20)9-3-1-2-4-11(9)16/h1-7H,16H2. The minimum Gasteiger partial charge on any atom is -0.398 e. The van der Waals surface area contributed by atoms with Crippen LogP contribution in [0.3, 0.4) is 0 Å². The van der Waals surface area contributed by atoms with Crippen LogP contribution < -0.4 is 5.73 Å². The highest BCUT2D eigenvalue weighted by Gasteiger charge is 2.15. The third-order valence-corrected chi connectivity index (χ3v) is 3.36. The first-order chi connectivity index (χ1) is 9.66. The van der Waals surface area contributed by atoms with Crippen LogP contribution in [0.5, 0.6) is 0 Å². The van der Waals surface area contributed by atoms with Crippen LogP contribution in [-0.2, 0) is 0 Å². The predicted molar refractivity (Wildman–Crippen MR) is 79.0 cm³/mol. The maximum atomic E-state index is 6.18. The number of benzene rings is 2. The molecule has 2 N–H and O–H groups in total. The Morgan fingerprint density at radius 1 is 1.05 bits per heavy atom. The maximum Gasteiger partial charge on any atom is 0.189 e. The van der Waals surface area contributed by atoms with Gasteiger partial charge in [0.1, 0.15) is 0 Å². The van der Waals surface area contributed by atoms with Gasteiger partial charge in [0, 0.05) is 16.3 Å².